The van der Waals surface area contributed by atoms with Crippen LogP contribution in [0.1, 0.15) is 10.4 Å². The fourth-order valence-corrected chi connectivity index (χ4v) is 1.19. The summed E-state index contributed by atoms with van der Waals surface area (Å²) in [6.45, 7) is 0.115. The highest BCUT2D eigenvalue weighted by molar-refractivity contribution is 5.91. The van der Waals surface area contributed by atoms with Crippen LogP contribution < -0.4 is 11.1 Å². The molecule has 0 heterocycles. The molecular formula is C11H15N3O3. The predicted octanol–water partition coefficient (Wildman–Crippen LogP) is 0.467. The van der Waals surface area contributed by atoms with Gasteiger partial charge in [-0.05, 0) is 18.2 Å². The van der Waals surface area contributed by atoms with E-state index in [0.717, 1.165) is 0 Å². The number of hydrogen-bond donors (Lipinski definition) is 3. The fourth-order valence-electron chi connectivity index (χ4n) is 1.19. The third kappa shape index (κ3) is 3.37. The molecule has 4 N–H and O–H groups in total. The van der Waals surface area contributed by atoms with Crippen molar-refractivity contribution >= 4 is 23.3 Å². The highest BCUT2D eigenvalue weighted by Gasteiger charge is 2.08. The summed E-state index contributed by atoms with van der Waals surface area (Å²) in [6.07, 6.45) is 0. The second kappa shape index (κ2) is 5.20. The van der Waals surface area contributed by atoms with Crippen molar-refractivity contribution in [3.63, 3.8) is 0 Å². The summed E-state index contributed by atoms with van der Waals surface area (Å²) in [6, 6.07) is 4.33. The molecule has 0 unspecified atom stereocenters. The molecule has 17 heavy (non-hydrogen) atoms. The second-order valence-electron chi connectivity index (χ2n) is 3.75. The van der Waals surface area contributed by atoms with Crippen molar-refractivity contribution in [3.8, 4) is 0 Å². The van der Waals surface area contributed by atoms with Crippen molar-refractivity contribution in [1.82, 2.24) is 4.90 Å². The van der Waals surface area contributed by atoms with E-state index >= 15 is 0 Å². The average Bonchev–Trinajstić information content (AvgIpc) is 2.26. The highest BCUT2D eigenvalue weighted by atomic mass is 16.4. The molecule has 0 radical (unpaired) electrons. The first-order valence-corrected chi connectivity index (χ1v) is 4.98. The molecule has 0 aliphatic heterocycles. The van der Waals surface area contributed by atoms with Crippen LogP contribution in [-0.4, -0.2) is 42.5 Å². The summed E-state index contributed by atoms with van der Waals surface area (Å²) >= 11 is 0. The summed E-state index contributed by atoms with van der Waals surface area (Å²) in [5.74, 6) is -1.13. The quantitative estimate of drug-likeness (QED) is 0.661. The number of nitrogens with one attached hydrogen (secondary N) is 1. The highest BCUT2D eigenvalue weighted by Crippen LogP contribution is 2.19. The monoisotopic (exact) mass is 237 g/mol. The zero-order valence-corrected chi connectivity index (χ0v) is 9.73. The van der Waals surface area contributed by atoms with Gasteiger partial charge in [0.25, 0.3) is 0 Å². The molecule has 0 spiro atoms. The molecule has 1 aromatic rings. The number of nitrogens with zero attached hydrogens (tertiary/aromatic N) is 1. The van der Waals surface area contributed by atoms with E-state index in [1.54, 1.807) is 20.2 Å². The number of aromatic carboxylic acids is 1. The third-order valence-corrected chi connectivity index (χ3v) is 2.23. The van der Waals surface area contributed by atoms with Gasteiger partial charge in [0.2, 0.25) is 5.91 Å². The van der Waals surface area contributed by atoms with Crippen LogP contribution in [0, 0.1) is 0 Å². The lowest BCUT2D eigenvalue weighted by molar-refractivity contribution is -0.126. The van der Waals surface area contributed by atoms with Crippen molar-refractivity contribution in [2.45, 2.75) is 0 Å². The van der Waals surface area contributed by atoms with Crippen molar-refractivity contribution in [3.05, 3.63) is 23.8 Å². The number of carboxylic acid groups (broad SMARTS) is 1. The van der Waals surface area contributed by atoms with Crippen molar-refractivity contribution < 1.29 is 14.7 Å². The number of hydrogen-bond acceptors (Lipinski definition) is 4. The molecule has 0 fully saturated rings. The van der Waals surface area contributed by atoms with Crippen LogP contribution >= 0.6 is 0 Å². The number of carbonyl (C=O) groups is 2. The minimum atomic E-state index is -1.03. The molecule has 0 bridgehead atoms. The van der Waals surface area contributed by atoms with Crippen molar-refractivity contribution in [2.24, 2.45) is 0 Å². The fraction of sp³-hybridized carbons (Fsp3) is 0.273. The van der Waals surface area contributed by atoms with Crippen LogP contribution in [0.5, 0.6) is 0 Å². The lowest BCUT2D eigenvalue weighted by atomic mass is 10.2. The van der Waals surface area contributed by atoms with E-state index in [2.05, 4.69) is 5.32 Å². The van der Waals surface area contributed by atoms with Gasteiger partial charge in [-0.15, -0.1) is 0 Å². The van der Waals surface area contributed by atoms with E-state index in [4.69, 9.17) is 10.8 Å². The molecule has 0 aliphatic rings. The van der Waals surface area contributed by atoms with Gasteiger partial charge in [-0.1, -0.05) is 0 Å². The second-order valence-corrected chi connectivity index (χ2v) is 3.75. The summed E-state index contributed by atoms with van der Waals surface area (Å²) < 4.78 is 0. The van der Waals surface area contributed by atoms with E-state index in [-0.39, 0.29) is 18.0 Å². The first-order valence-electron chi connectivity index (χ1n) is 4.98. The topological polar surface area (TPSA) is 95.7 Å². The van der Waals surface area contributed by atoms with Crippen LogP contribution in [0.4, 0.5) is 11.4 Å². The number of nitrogen functional groups attached to an aromatic ring is 1. The van der Waals surface area contributed by atoms with Gasteiger partial charge < -0.3 is 21.1 Å². The van der Waals surface area contributed by atoms with Gasteiger partial charge in [-0.3, -0.25) is 4.79 Å². The van der Waals surface area contributed by atoms with Crippen LogP contribution in [0.2, 0.25) is 0 Å². The van der Waals surface area contributed by atoms with E-state index in [1.807, 2.05) is 0 Å². The number of amides is 1. The lowest BCUT2D eigenvalue weighted by Gasteiger charge is -2.13. The normalized spacial score (nSPS) is 9.76. The van der Waals surface area contributed by atoms with Crippen molar-refractivity contribution in [1.29, 1.82) is 0 Å². The number of nitrogens with two attached hydrogens (primary N) is 1. The molecular weight excluding hydrogens is 222 g/mol. The summed E-state index contributed by atoms with van der Waals surface area (Å²) in [5.41, 5.74) is 6.64. The first-order chi connectivity index (χ1) is 7.91. The Morgan fingerprint density at radius 2 is 2.06 bits per heavy atom. The first kappa shape index (κ1) is 12.8. The molecule has 1 aromatic carbocycles. The summed E-state index contributed by atoms with van der Waals surface area (Å²) in [5, 5.41) is 11.6. The Balaban J connectivity index is 2.73. The lowest BCUT2D eigenvalue weighted by Crippen LogP contribution is -2.28. The maximum absolute atomic E-state index is 11.3. The van der Waals surface area contributed by atoms with Gasteiger partial charge in [0, 0.05) is 14.1 Å². The molecule has 1 rings (SSSR count). The van der Waals surface area contributed by atoms with Gasteiger partial charge in [-0.2, -0.15) is 0 Å². The minimum Gasteiger partial charge on any atom is -0.478 e. The van der Waals surface area contributed by atoms with Gasteiger partial charge in [0.15, 0.2) is 0 Å². The molecule has 0 aromatic heterocycles. The number of benzene rings is 1. The van der Waals surface area contributed by atoms with Crippen LogP contribution in [-0.2, 0) is 4.79 Å². The predicted molar refractivity (Wildman–Crippen MR) is 65.0 cm³/mol. The van der Waals surface area contributed by atoms with E-state index in [9.17, 15) is 9.59 Å². The smallest absolute Gasteiger partial charge is 0.335 e. The van der Waals surface area contributed by atoms with Gasteiger partial charge in [-0.25, -0.2) is 4.79 Å². The minimum absolute atomic E-state index is 0.0910. The van der Waals surface area contributed by atoms with Gasteiger partial charge in [0.1, 0.15) is 0 Å². The number of anilines is 2. The Morgan fingerprint density at radius 1 is 1.41 bits per heavy atom. The largest absolute Gasteiger partial charge is 0.478 e. The standard InChI is InChI=1S/C11H15N3O3/c1-14(2)10(15)6-13-9-4-3-7(11(16)17)5-8(9)12/h3-5,13H,6,12H2,1-2H3,(H,16,17). The van der Waals surface area contributed by atoms with Crippen LogP contribution in [0.15, 0.2) is 18.2 Å². The average molecular weight is 237 g/mol. The molecule has 0 saturated carbocycles. The number of carbonyl (C=O) groups excluding carboxylic acids is 1. The molecule has 6 nitrogen and oxygen atoms in total. The number of likely N-dealkylation sites (N-methyl/N-ethyl adjacent to an activating group) is 1. The van der Waals surface area contributed by atoms with Crippen LogP contribution in [0.25, 0.3) is 0 Å². The van der Waals surface area contributed by atoms with Crippen molar-refractivity contribution in [2.75, 3.05) is 31.7 Å². The maximum Gasteiger partial charge on any atom is 0.335 e. The Hall–Kier alpha value is -2.24. The number of carboxylic acids is 1. The Bertz CT molecular complexity index is 444. The SMILES string of the molecule is CN(C)C(=O)CNc1ccc(C(=O)O)cc1N. The molecule has 6 heteroatoms. The Morgan fingerprint density at radius 3 is 2.53 bits per heavy atom. The van der Waals surface area contributed by atoms with Gasteiger partial charge in [0.05, 0.1) is 23.5 Å². The number of rotatable bonds is 4. The summed E-state index contributed by atoms with van der Waals surface area (Å²) in [4.78, 5) is 23.5. The van der Waals surface area contributed by atoms with Crippen LogP contribution in [0.3, 0.4) is 0 Å². The zero-order chi connectivity index (χ0) is 13.0. The van der Waals surface area contributed by atoms with E-state index in [0.29, 0.717) is 11.4 Å². The molecule has 92 valence electrons. The molecule has 0 atom stereocenters. The molecule has 1 amide bonds. The maximum atomic E-state index is 11.3. The van der Waals surface area contributed by atoms with E-state index < -0.39 is 5.97 Å². The van der Waals surface area contributed by atoms with E-state index in [1.165, 1.54) is 17.0 Å². The molecule has 0 saturated heterocycles. The zero-order valence-electron chi connectivity index (χ0n) is 9.73. The van der Waals surface area contributed by atoms with Gasteiger partial charge >= 0.3 is 5.97 Å². The Kier molecular flexibility index (Phi) is 3.92. The Labute approximate surface area is 99.0 Å². The third-order valence-electron chi connectivity index (χ3n) is 2.23. The molecule has 0 aliphatic carbocycles. The summed E-state index contributed by atoms with van der Waals surface area (Å²) in [7, 11) is 3.31.